The van der Waals surface area contributed by atoms with E-state index < -0.39 is 0 Å². The van der Waals surface area contributed by atoms with E-state index in [1.807, 2.05) is 53.4 Å². The van der Waals surface area contributed by atoms with Crippen LogP contribution in [0.15, 0.2) is 54.7 Å². The molecular formula is C22H20N4O2S2. The molecular weight excluding hydrogens is 416 g/mol. The van der Waals surface area contributed by atoms with Crippen molar-refractivity contribution >= 4 is 44.1 Å². The first-order valence-corrected chi connectivity index (χ1v) is 11.4. The first-order chi connectivity index (χ1) is 14.7. The smallest absolute Gasteiger partial charge is 0.267 e. The summed E-state index contributed by atoms with van der Waals surface area (Å²) in [6, 6.07) is 15.9. The Kier molecular flexibility index (Phi) is 5.10. The lowest BCUT2D eigenvalue weighted by molar-refractivity contribution is 0.0748. The molecule has 6 nitrogen and oxygen atoms in total. The van der Waals surface area contributed by atoms with Crippen LogP contribution in [-0.4, -0.2) is 54.1 Å². The summed E-state index contributed by atoms with van der Waals surface area (Å²) in [7, 11) is 1.62. The van der Waals surface area contributed by atoms with E-state index in [0.29, 0.717) is 23.7 Å². The van der Waals surface area contributed by atoms with Gasteiger partial charge < -0.3 is 14.5 Å². The fourth-order valence-corrected chi connectivity index (χ4v) is 5.62. The van der Waals surface area contributed by atoms with Crippen molar-refractivity contribution in [3.63, 3.8) is 0 Å². The summed E-state index contributed by atoms with van der Waals surface area (Å²) in [5, 5.41) is 0.968. The second kappa shape index (κ2) is 8.04. The number of thiazole rings is 1. The first-order valence-electron chi connectivity index (χ1n) is 9.72. The average molecular weight is 437 g/mol. The maximum Gasteiger partial charge on any atom is 0.267 e. The number of pyridine rings is 1. The van der Waals surface area contributed by atoms with Crippen molar-refractivity contribution in [2.45, 2.75) is 0 Å². The van der Waals surface area contributed by atoms with Gasteiger partial charge in [-0.15, -0.1) is 11.3 Å². The molecule has 0 spiro atoms. The summed E-state index contributed by atoms with van der Waals surface area (Å²) in [5.74, 6) is 0.674. The Morgan fingerprint density at radius 2 is 1.83 bits per heavy atom. The molecule has 0 N–H and O–H groups in total. The van der Waals surface area contributed by atoms with Gasteiger partial charge in [-0.2, -0.15) is 0 Å². The normalized spacial score (nSPS) is 14.3. The third-order valence-electron chi connectivity index (χ3n) is 5.16. The van der Waals surface area contributed by atoms with Crippen LogP contribution < -0.4 is 9.64 Å². The van der Waals surface area contributed by atoms with Crippen LogP contribution in [0.5, 0.6) is 5.75 Å². The molecule has 152 valence electrons. The minimum atomic E-state index is 0.0321. The Morgan fingerprint density at radius 3 is 2.57 bits per heavy atom. The van der Waals surface area contributed by atoms with Gasteiger partial charge in [-0.05, 0) is 23.8 Å². The second-order valence-corrected chi connectivity index (χ2v) is 8.99. The van der Waals surface area contributed by atoms with Crippen molar-refractivity contribution < 1.29 is 9.53 Å². The summed E-state index contributed by atoms with van der Waals surface area (Å²) in [6.07, 6.45) is 1.79. The van der Waals surface area contributed by atoms with Gasteiger partial charge in [-0.25, -0.2) is 9.97 Å². The Labute approximate surface area is 182 Å². The van der Waals surface area contributed by atoms with Gasteiger partial charge in [0.05, 0.1) is 7.11 Å². The number of rotatable bonds is 4. The number of fused-ring (bicyclic) bond motifs is 1. The molecule has 30 heavy (non-hydrogen) atoms. The number of carbonyl (C=O) groups is 1. The molecule has 1 amide bonds. The molecule has 1 saturated heterocycles. The lowest BCUT2D eigenvalue weighted by Gasteiger charge is -2.34. The zero-order valence-corrected chi connectivity index (χ0v) is 18.1. The summed E-state index contributed by atoms with van der Waals surface area (Å²) in [4.78, 5) is 29.1. The Balaban J connectivity index is 1.31. The number of amides is 1. The monoisotopic (exact) mass is 436 g/mol. The van der Waals surface area contributed by atoms with Crippen LogP contribution >= 0.6 is 22.7 Å². The van der Waals surface area contributed by atoms with Crippen molar-refractivity contribution in [2.75, 3.05) is 38.2 Å². The fraction of sp³-hybridized carbons (Fsp3) is 0.227. The molecule has 4 aromatic rings. The van der Waals surface area contributed by atoms with Gasteiger partial charge in [0.1, 0.15) is 21.0 Å². The van der Waals surface area contributed by atoms with E-state index >= 15 is 0 Å². The number of piperazine rings is 1. The maximum atomic E-state index is 13.2. The van der Waals surface area contributed by atoms with Crippen LogP contribution in [0.3, 0.4) is 0 Å². The predicted octanol–water partition coefficient (Wildman–Crippen LogP) is 4.39. The minimum Gasteiger partial charge on any atom is -0.495 e. The second-order valence-electron chi connectivity index (χ2n) is 6.98. The van der Waals surface area contributed by atoms with E-state index in [0.717, 1.165) is 39.0 Å². The number of anilines is 1. The number of benzene rings is 1. The lowest BCUT2D eigenvalue weighted by atomic mass is 10.2. The largest absolute Gasteiger partial charge is 0.495 e. The van der Waals surface area contributed by atoms with Crippen LogP contribution in [0, 0.1) is 0 Å². The van der Waals surface area contributed by atoms with Crippen molar-refractivity contribution in [1.82, 2.24) is 14.9 Å². The minimum absolute atomic E-state index is 0.0321. The van der Waals surface area contributed by atoms with E-state index in [9.17, 15) is 4.79 Å². The SMILES string of the molecule is COc1cc(-c2ccccc2)sc1C(=O)N1CCN(c2nc3cccnc3s2)CC1. The highest BCUT2D eigenvalue weighted by molar-refractivity contribution is 7.21. The number of hydrogen-bond acceptors (Lipinski definition) is 7. The molecule has 5 rings (SSSR count). The van der Waals surface area contributed by atoms with Gasteiger partial charge in [0.2, 0.25) is 0 Å². The van der Waals surface area contributed by atoms with Gasteiger partial charge in [0.15, 0.2) is 5.13 Å². The van der Waals surface area contributed by atoms with E-state index in [-0.39, 0.29) is 5.91 Å². The maximum absolute atomic E-state index is 13.2. The van der Waals surface area contributed by atoms with Gasteiger partial charge in [-0.1, -0.05) is 41.7 Å². The van der Waals surface area contributed by atoms with Crippen molar-refractivity contribution in [1.29, 1.82) is 0 Å². The van der Waals surface area contributed by atoms with Gasteiger partial charge >= 0.3 is 0 Å². The molecule has 0 unspecified atom stereocenters. The first kappa shape index (κ1) is 19.0. The highest BCUT2D eigenvalue weighted by Gasteiger charge is 2.27. The third kappa shape index (κ3) is 3.53. The number of methoxy groups -OCH3 is 1. The average Bonchev–Trinajstić information content (AvgIpc) is 3.44. The molecule has 0 atom stereocenters. The summed E-state index contributed by atoms with van der Waals surface area (Å²) in [6.45, 7) is 2.82. The molecule has 1 aliphatic heterocycles. The molecule has 1 aromatic carbocycles. The fourth-order valence-electron chi connectivity index (χ4n) is 3.56. The third-order valence-corrected chi connectivity index (χ3v) is 7.36. The molecule has 1 aliphatic rings. The van der Waals surface area contributed by atoms with E-state index in [1.165, 1.54) is 11.3 Å². The number of ether oxygens (including phenoxy) is 1. The molecule has 0 bridgehead atoms. The Morgan fingerprint density at radius 1 is 1.03 bits per heavy atom. The number of thiophene rings is 1. The van der Waals surface area contributed by atoms with Crippen molar-refractivity contribution in [3.05, 3.63) is 59.6 Å². The summed E-state index contributed by atoms with van der Waals surface area (Å²) in [5.41, 5.74) is 2.02. The highest BCUT2D eigenvalue weighted by Crippen LogP contribution is 2.37. The lowest BCUT2D eigenvalue weighted by Crippen LogP contribution is -2.48. The molecule has 8 heteroatoms. The number of hydrogen-bond donors (Lipinski definition) is 0. The predicted molar refractivity (Wildman–Crippen MR) is 122 cm³/mol. The van der Waals surface area contributed by atoms with E-state index in [4.69, 9.17) is 4.74 Å². The summed E-state index contributed by atoms with van der Waals surface area (Å²) < 4.78 is 5.52. The zero-order chi connectivity index (χ0) is 20.5. The molecule has 3 aromatic heterocycles. The number of carbonyl (C=O) groups excluding carboxylic acids is 1. The number of aromatic nitrogens is 2. The molecule has 0 saturated carbocycles. The van der Waals surface area contributed by atoms with Gasteiger partial charge in [0.25, 0.3) is 5.91 Å². The highest BCUT2D eigenvalue weighted by atomic mass is 32.1. The van der Waals surface area contributed by atoms with E-state index in [2.05, 4.69) is 14.9 Å². The topological polar surface area (TPSA) is 58.6 Å². The summed E-state index contributed by atoms with van der Waals surface area (Å²) >= 11 is 3.09. The van der Waals surface area contributed by atoms with Crippen molar-refractivity contribution in [3.8, 4) is 16.2 Å². The molecule has 0 aliphatic carbocycles. The molecule has 4 heterocycles. The molecule has 0 radical (unpaired) electrons. The Bertz CT molecular complexity index is 1150. The van der Waals surface area contributed by atoms with Gasteiger partial charge in [0, 0.05) is 37.3 Å². The van der Waals surface area contributed by atoms with E-state index in [1.54, 1.807) is 24.6 Å². The van der Waals surface area contributed by atoms with Gasteiger partial charge in [-0.3, -0.25) is 4.79 Å². The number of nitrogens with zero attached hydrogens (tertiary/aromatic N) is 4. The van der Waals surface area contributed by atoms with Crippen LogP contribution in [0.1, 0.15) is 9.67 Å². The Hall–Kier alpha value is -2.97. The standard InChI is InChI=1S/C22H20N4O2S2/c1-28-17-14-18(15-6-3-2-4-7-15)29-19(17)21(27)25-10-12-26(13-11-25)22-24-16-8-5-9-23-20(16)30-22/h2-9,14H,10-13H2,1H3. The quantitative estimate of drug-likeness (QED) is 0.475. The van der Waals surface area contributed by atoms with Crippen LogP contribution in [0.4, 0.5) is 5.13 Å². The van der Waals surface area contributed by atoms with Crippen LogP contribution in [-0.2, 0) is 0 Å². The van der Waals surface area contributed by atoms with Crippen LogP contribution in [0.2, 0.25) is 0 Å². The molecule has 1 fully saturated rings. The van der Waals surface area contributed by atoms with Crippen molar-refractivity contribution in [2.24, 2.45) is 0 Å². The van der Waals surface area contributed by atoms with Crippen LogP contribution in [0.25, 0.3) is 20.8 Å². The zero-order valence-electron chi connectivity index (χ0n) is 16.4.